The zero-order valence-corrected chi connectivity index (χ0v) is 17.0. The molecule has 8 nitrogen and oxygen atoms in total. The van der Waals surface area contributed by atoms with Gasteiger partial charge in [-0.1, -0.05) is 25.9 Å². The van der Waals surface area contributed by atoms with Gasteiger partial charge in [0.15, 0.2) is 11.5 Å². The summed E-state index contributed by atoms with van der Waals surface area (Å²) in [5.41, 5.74) is 1.72. The number of anilines is 1. The molecule has 2 fully saturated rings. The standard InChI is InChI=1S/C20H27N7O/c1-20(2,3)19-22-21-17-7-8-18(23-27(17)19)26-11-15(12-26)25(4)10-14-9-16(28-24-14)13-5-6-13/h7-9,13,15H,5-6,10-12H2,1-4H3. The molecule has 28 heavy (non-hydrogen) atoms. The summed E-state index contributed by atoms with van der Waals surface area (Å²) in [7, 11) is 2.15. The highest BCUT2D eigenvalue weighted by molar-refractivity contribution is 5.48. The Morgan fingerprint density at radius 2 is 1.96 bits per heavy atom. The number of fused-ring (bicyclic) bond motifs is 1. The summed E-state index contributed by atoms with van der Waals surface area (Å²) in [6.45, 7) is 9.12. The molecule has 0 bridgehead atoms. The molecule has 2 aliphatic rings. The summed E-state index contributed by atoms with van der Waals surface area (Å²) in [6, 6.07) is 6.64. The number of hydrogen-bond acceptors (Lipinski definition) is 7. The van der Waals surface area contributed by atoms with Crippen LogP contribution < -0.4 is 4.90 Å². The Balaban J connectivity index is 1.24. The van der Waals surface area contributed by atoms with E-state index in [1.54, 1.807) is 0 Å². The van der Waals surface area contributed by atoms with Crippen LogP contribution in [0.1, 0.15) is 56.8 Å². The molecule has 8 heteroatoms. The second kappa shape index (κ2) is 6.27. The van der Waals surface area contributed by atoms with E-state index in [0.29, 0.717) is 12.0 Å². The van der Waals surface area contributed by atoms with Gasteiger partial charge in [-0.05, 0) is 32.0 Å². The Morgan fingerprint density at radius 3 is 2.68 bits per heavy atom. The summed E-state index contributed by atoms with van der Waals surface area (Å²) >= 11 is 0. The highest BCUT2D eigenvalue weighted by atomic mass is 16.5. The first-order valence-corrected chi connectivity index (χ1v) is 10.0. The number of nitrogens with zero attached hydrogens (tertiary/aromatic N) is 7. The predicted molar refractivity (Wildman–Crippen MR) is 105 cm³/mol. The molecule has 0 spiro atoms. The van der Waals surface area contributed by atoms with Crippen molar-refractivity contribution in [1.29, 1.82) is 0 Å². The second-order valence-electron chi connectivity index (χ2n) is 9.20. The van der Waals surface area contributed by atoms with E-state index >= 15 is 0 Å². The molecule has 1 aliphatic heterocycles. The molecule has 0 radical (unpaired) electrons. The molecule has 148 valence electrons. The van der Waals surface area contributed by atoms with Crippen LogP contribution in [0.25, 0.3) is 5.65 Å². The normalized spacial score (nSPS) is 18.2. The number of likely N-dealkylation sites (N-methyl/N-ethyl adjacent to an activating group) is 1. The van der Waals surface area contributed by atoms with Crippen molar-refractivity contribution in [2.45, 2.75) is 57.5 Å². The molecule has 1 aliphatic carbocycles. The van der Waals surface area contributed by atoms with Gasteiger partial charge in [0, 0.05) is 43.1 Å². The van der Waals surface area contributed by atoms with Crippen molar-refractivity contribution in [3.05, 3.63) is 35.5 Å². The molecule has 1 saturated heterocycles. The summed E-state index contributed by atoms with van der Waals surface area (Å²) in [6.07, 6.45) is 2.48. The number of hydrogen-bond donors (Lipinski definition) is 0. The minimum Gasteiger partial charge on any atom is -0.361 e. The van der Waals surface area contributed by atoms with Crippen molar-refractivity contribution in [3.63, 3.8) is 0 Å². The van der Waals surface area contributed by atoms with Crippen LogP contribution >= 0.6 is 0 Å². The van der Waals surface area contributed by atoms with Gasteiger partial charge in [0.25, 0.3) is 0 Å². The third-order valence-corrected chi connectivity index (χ3v) is 5.70. The van der Waals surface area contributed by atoms with Crippen LogP contribution in [0.5, 0.6) is 0 Å². The highest BCUT2D eigenvalue weighted by Gasteiger charge is 2.33. The summed E-state index contributed by atoms with van der Waals surface area (Å²) in [4.78, 5) is 4.65. The fraction of sp³-hybridized carbons (Fsp3) is 0.600. The smallest absolute Gasteiger partial charge is 0.178 e. The van der Waals surface area contributed by atoms with Gasteiger partial charge in [0.2, 0.25) is 0 Å². The lowest BCUT2D eigenvalue weighted by atomic mass is 9.96. The van der Waals surface area contributed by atoms with Crippen LogP contribution in [0.15, 0.2) is 22.7 Å². The van der Waals surface area contributed by atoms with Crippen LogP contribution in [0.4, 0.5) is 5.82 Å². The lowest BCUT2D eigenvalue weighted by Gasteiger charge is -2.44. The molecule has 0 atom stereocenters. The Kier molecular flexibility index (Phi) is 3.94. The minimum absolute atomic E-state index is 0.0976. The molecule has 4 heterocycles. The molecule has 0 N–H and O–H groups in total. The minimum atomic E-state index is -0.0976. The van der Waals surface area contributed by atoms with E-state index in [1.165, 1.54) is 12.8 Å². The van der Waals surface area contributed by atoms with Gasteiger partial charge in [-0.3, -0.25) is 4.90 Å². The molecular weight excluding hydrogens is 354 g/mol. The first-order valence-electron chi connectivity index (χ1n) is 10.0. The molecular formula is C20H27N7O. The maximum atomic E-state index is 5.47. The fourth-order valence-electron chi connectivity index (χ4n) is 3.68. The topological polar surface area (TPSA) is 75.6 Å². The van der Waals surface area contributed by atoms with Crippen LogP contribution in [0, 0.1) is 0 Å². The monoisotopic (exact) mass is 381 g/mol. The van der Waals surface area contributed by atoms with E-state index < -0.39 is 0 Å². The first kappa shape index (κ1) is 17.6. The summed E-state index contributed by atoms with van der Waals surface area (Å²) < 4.78 is 7.35. The van der Waals surface area contributed by atoms with Crippen molar-refractivity contribution in [1.82, 2.24) is 29.9 Å². The Hall–Kier alpha value is -2.48. The van der Waals surface area contributed by atoms with Crippen LogP contribution in [0.3, 0.4) is 0 Å². The van der Waals surface area contributed by atoms with E-state index in [1.807, 2.05) is 16.6 Å². The van der Waals surface area contributed by atoms with E-state index in [2.05, 4.69) is 59.0 Å². The van der Waals surface area contributed by atoms with E-state index in [0.717, 1.165) is 48.4 Å². The van der Waals surface area contributed by atoms with Gasteiger partial charge in [0.1, 0.15) is 11.6 Å². The zero-order valence-electron chi connectivity index (χ0n) is 17.0. The first-order chi connectivity index (χ1) is 13.4. The third-order valence-electron chi connectivity index (χ3n) is 5.70. The van der Waals surface area contributed by atoms with Crippen LogP contribution in [0.2, 0.25) is 0 Å². The largest absolute Gasteiger partial charge is 0.361 e. The molecule has 0 aromatic carbocycles. The lowest BCUT2D eigenvalue weighted by molar-refractivity contribution is 0.191. The van der Waals surface area contributed by atoms with E-state index in [-0.39, 0.29) is 5.41 Å². The molecule has 3 aromatic heterocycles. The molecule has 3 aromatic rings. The Labute approximate surface area is 164 Å². The van der Waals surface area contributed by atoms with Gasteiger partial charge < -0.3 is 9.42 Å². The fourth-order valence-corrected chi connectivity index (χ4v) is 3.68. The summed E-state index contributed by atoms with van der Waals surface area (Å²) in [5.74, 6) is 3.53. The molecule has 1 saturated carbocycles. The van der Waals surface area contributed by atoms with Crippen LogP contribution in [-0.2, 0) is 12.0 Å². The van der Waals surface area contributed by atoms with Crippen molar-refractivity contribution in [2.24, 2.45) is 0 Å². The maximum Gasteiger partial charge on any atom is 0.178 e. The van der Waals surface area contributed by atoms with Gasteiger partial charge >= 0.3 is 0 Å². The van der Waals surface area contributed by atoms with E-state index in [9.17, 15) is 0 Å². The van der Waals surface area contributed by atoms with Crippen molar-refractivity contribution in [2.75, 3.05) is 25.0 Å². The van der Waals surface area contributed by atoms with Gasteiger partial charge in [-0.25, -0.2) is 0 Å². The van der Waals surface area contributed by atoms with Gasteiger partial charge in [-0.15, -0.1) is 15.3 Å². The van der Waals surface area contributed by atoms with Gasteiger partial charge in [0.05, 0.1) is 5.69 Å². The quantitative estimate of drug-likeness (QED) is 0.672. The number of rotatable bonds is 5. The SMILES string of the molecule is CN(Cc1cc(C2CC2)on1)C1CN(c2ccc3nnc(C(C)(C)C)n3n2)C1. The Morgan fingerprint density at radius 1 is 1.18 bits per heavy atom. The van der Waals surface area contributed by atoms with E-state index in [4.69, 9.17) is 9.62 Å². The molecule has 0 unspecified atom stereocenters. The molecule has 0 amide bonds. The second-order valence-corrected chi connectivity index (χ2v) is 9.20. The highest BCUT2D eigenvalue weighted by Crippen LogP contribution is 2.40. The Bertz CT molecular complexity index is 992. The maximum absolute atomic E-state index is 5.47. The predicted octanol–water partition coefficient (Wildman–Crippen LogP) is 2.61. The van der Waals surface area contributed by atoms with Crippen molar-refractivity contribution >= 4 is 11.5 Å². The molecule has 5 rings (SSSR count). The van der Waals surface area contributed by atoms with Crippen LogP contribution in [-0.4, -0.2) is 56.0 Å². The van der Waals surface area contributed by atoms with Crippen molar-refractivity contribution in [3.8, 4) is 0 Å². The average Bonchev–Trinajstić information content (AvgIpc) is 3.18. The average molecular weight is 381 g/mol. The lowest BCUT2D eigenvalue weighted by Crippen LogP contribution is -2.58. The summed E-state index contributed by atoms with van der Waals surface area (Å²) in [5, 5.41) is 17.6. The third kappa shape index (κ3) is 3.15. The van der Waals surface area contributed by atoms with Crippen molar-refractivity contribution < 1.29 is 4.52 Å². The zero-order chi connectivity index (χ0) is 19.5. The van der Waals surface area contributed by atoms with Gasteiger partial charge in [-0.2, -0.15) is 4.52 Å². The number of aromatic nitrogens is 5.